The van der Waals surface area contributed by atoms with Crippen molar-refractivity contribution in [2.24, 2.45) is 5.92 Å². The van der Waals surface area contributed by atoms with Crippen molar-refractivity contribution in [3.63, 3.8) is 0 Å². The standard InChI is InChI=1S/C29H29F3N4O4/c1-17-3-4-21(35-26(38)19-11-20(16-33-14-19)29(30,31)32)13-22(17)18-12-24-25(34-15-18)36(7-8-37)27(39)23-5-9-40-10-6-28(23,24)2/h3-4,11-16,23,37H,5-10H2,1-2H3,(H,35,38)/t23-,28+/m1/s1. The first-order chi connectivity index (χ1) is 19.0. The Balaban J connectivity index is 1.51. The second-order valence-electron chi connectivity index (χ2n) is 10.4. The molecule has 1 fully saturated rings. The zero-order valence-electron chi connectivity index (χ0n) is 22.1. The zero-order chi connectivity index (χ0) is 28.7. The van der Waals surface area contributed by atoms with E-state index in [0.717, 1.165) is 34.5 Å². The lowest BCUT2D eigenvalue weighted by molar-refractivity contribution is -0.137. The number of carbonyl (C=O) groups is 2. The molecule has 2 amide bonds. The Bertz CT molecular complexity index is 1460. The van der Waals surface area contributed by atoms with Crippen LogP contribution in [0.25, 0.3) is 11.1 Å². The molecule has 11 heteroatoms. The number of nitrogens with zero attached hydrogens (tertiary/aromatic N) is 3. The number of alkyl halides is 3. The smallest absolute Gasteiger partial charge is 0.395 e. The van der Waals surface area contributed by atoms with E-state index in [1.807, 2.05) is 13.0 Å². The number of aliphatic hydroxyl groups is 1. The maximum absolute atomic E-state index is 13.4. The fraction of sp³-hybridized carbons (Fsp3) is 0.379. The molecule has 5 rings (SSSR count). The molecular weight excluding hydrogens is 525 g/mol. The maximum atomic E-state index is 13.4. The predicted molar refractivity (Wildman–Crippen MR) is 142 cm³/mol. The van der Waals surface area contributed by atoms with E-state index in [0.29, 0.717) is 43.8 Å². The number of aliphatic hydroxyl groups excluding tert-OH is 1. The molecule has 1 saturated heterocycles. The highest BCUT2D eigenvalue weighted by Crippen LogP contribution is 2.48. The van der Waals surface area contributed by atoms with E-state index in [1.165, 1.54) is 0 Å². The number of fused-ring (bicyclic) bond motifs is 3. The highest BCUT2D eigenvalue weighted by Gasteiger charge is 2.49. The lowest BCUT2D eigenvalue weighted by atomic mass is 9.66. The molecule has 0 spiro atoms. The van der Waals surface area contributed by atoms with Gasteiger partial charge in [-0.2, -0.15) is 13.2 Å². The van der Waals surface area contributed by atoms with Crippen molar-refractivity contribution in [2.45, 2.75) is 38.3 Å². The average Bonchev–Trinajstić information content (AvgIpc) is 3.14. The topological polar surface area (TPSA) is 105 Å². The van der Waals surface area contributed by atoms with E-state index >= 15 is 0 Å². The number of β-amino-alcohol motifs (C(OH)–C–C–N with tert-alkyl or cyclic N) is 1. The molecule has 0 saturated carbocycles. The first-order valence-corrected chi connectivity index (χ1v) is 13.0. The van der Waals surface area contributed by atoms with E-state index in [-0.39, 0.29) is 30.5 Å². The van der Waals surface area contributed by atoms with Crippen LogP contribution in [0.2, 0.25) is 0 Å². The summed E-state index contributed by atoms with van der Waals surface area (Å²) < 4.78 is 45.0. The summed E-state index contributed by atoms with van der Waals surface area (Å²) in [6.07, 6.45) is -0.0145. The van der Waals surface area contributed by atoms with Gasteiger partial charge in [0, 0.05) is 54.0 Å². The van der Waals surface area contributed by atoms with Gasteiger partial charge in [0.25, 0.3) is 5.91 Å². The van der Waals surface area contributed by atoms with Crippen LogP contribution >= 0.6 is 0 Å². The summed E-state index contributed by atoms with van der Waals surface area (Å²) in [5.74, 6) is -0.592. The van der Waals surface area contributed by atoms with Crippen molar-refractivity contribution in [3.8, 4) is 11.1 Å². The number of hydrogen-bond acceptors (Lipinski definition) is 6. The van der Waals surface area contributed by atoms with Crippen LogP contribution < -0.4 is 10.2 Å². The number of carbonyl (C=O) groups excluding carboxylic acids is 2. The lowest BCUT2D eigenvalue weighted by Gasteiger charge is -2.44. The minimum absolute atomic E-state index is 0.0697. The average molecular weight is 555 g/mol. The van der Waals surface area contributed by atoms with E-state index in [1.54, 1.807) is 29.3 Å². The number of hydrogen-bond donors (Lipinski definition) is 2. The van der Waals surface area contributed by atoms with Gasteiger partial charge in [0.15, 0.2) is 0 Å². The number of nitrogens with one attached hydrogen (secondary N) is 1. The summed E-state index contributed by atoms with van der Waals surface area (Å²) in [7, 11) is 0. The Labute approximate surface area is 229 Å². The van der Waals surface area contributed by atoms with Crippen LogP contribution in [0, 0.1) is 12.8 Å². The van der Waals surface area contributed by atoms with Gasteiger partial charge in [-0.1, -0.05) is 13.0 Å². The number of aryl methyl sites for hydroxylation is 1. The van der Waals surface area contributed by atoms with Gasteiger partial charge in [0.1, 0.15) is 5.82 Å². The van der Waals surface area contributed by atoms with E-state index in [4.69, 9.17) is 4.74 Å². The van der Waals surface area contributed by atoms with Gasteiger partial charge in [-0.05, 0) is 55.2 Å². The summed E-state index contributed by atoms with van der Waals surface area (Å²) in [4.78, 5) is 36.0. The van der Waals surface area contributed by atoms with Gasteiger partial charge in [-0.3, -0.25) is 19.5 Å². The van der Waals surface area contributed by atoms with Crippen LogP contribution in [-0.4, -0.2) is 53.3 Å². The fourth-order valence-electron chi connectivity index (χ4n) is 5.58. The summed E-state index contributed by atoms with van der Waals surface area (Å²) in [6.45, 7) is 4.88. The van der Waals surface area contributed by atoms with Gasteiger partial charge < -0.3 is 15.2 Å². The van der Waals surface area contributed by atoms with Crippen molar-refractivity contribution >= 4 is 23.3 Å². The van der Waals surface area contributed by atoms with Crippen LogP contribution in [0.15, 0.2) is 48.9 Å². The Hall–Kier alpha value is -3.83. The molecule has 0 bridgehead atoms. The number of aromatic nitrogens is 2. The molecule has 3 aromatic rings. The molecule has 40 heavy (non-hydrogen) atoms. The lowest BCUT2D eigenvalue weighted by Crippen LogP contribution is -2.52. The maximum Gasteiger partial charge on any atom is 0.417 e. The number of rotatable bonds is 5. The van der Waals surface area contributed by atoms with Crippen molar-refractivity contribution in [1.29, 1.82) is 0 Å². The number of ether oxygens (including phenoxy) is 1. The number of amides is 2. The van der Waals surface area contributed by atoms with Crippen LogP contribution in [0.5, 0.6) is 0 Å². The van der Waals surface area contributed by atoms with Crippen molar-refractivity contribution in [3.05, 3.63) is 71.2 Å². The molecule has 0 aliphatic carbocycles. The van der Waals surface area contributed by atoms with Crippen LogP contribution in [-0.2, 0) is 21.1 Å². The highest BCUT2D eigenvalue weighted by molar-refractivity contribution is 6.04. The summed E-state index contributed by atoms with van der Waals surface area (Å²) in [5.41, 5.74) is 1.97. The van der Waals surface area contributed by atoms with Crippen LogP contribution in [0.1, 0.15) is 46.8 Å². The molecule has 210 valence electrons. The minimum atomic E-state index is -4.61. The molecule has 4 heterocycles. The van der Waals surface area contributed by atoms with E-state index in [9.17, 15) is 27.9 Å². The van der Waals surface area contributed by atoms with Crippen molar-refractivity contribution < 1.29 is 32.6 Å². The summed E-state index contributed by atoms with van der Waals surface area (Å²) in [6, 6.07) is 7.98. The molecule has 8 nitrogen and oxygen atoms in total. The van der Waals surface area contributed by atoms with Crippen molar-refractivity contribution in [2.75, 3.05) is 36.6 Å². The molecule has 0 radical (unpaired) electrons. The second kappa shape index (κ2) is 10.6. The molecule has 2 aromatic heterocycles. The predicted octanol–water partition coefficient (Wildman–Crippen LogP) is 4.75. The quantitative estimate of drug-likeness (QED) is 0.472. The normalized spacial score (nSPS) is 20.9. The Morgan fingerprint density at radius 1 is 1.20 bits per heavy atom. The molecular formula is C29H29F3N4O4. The monoisotopic (exact) mass is 554 g/mol. The molecule has 0 unspecified atom stereocenters. The number of anilines is 2. The number of halogens is 3. The van der Waals surface area contributed by atoms with Gasteiger partial charge >= 0.3 is 6.18 Å². The third kappa shape index (κ3) is 5.06. The molecule has 2 aliphatic heterocycles. The Morgan fingerprint density at radius 3 is 2.75 bits per heavy atom. The van der Waals surface area contributed by atoms with Gasteiger partial charge in [0.05, 0.1) is 30.2 Å². The first-order valence-electron chi connectivity index (χ1n) is 13.0. The van der Waals surface area contributed by atoms with Crippen LogP contribution in [0.4, 0.5) is 24.7 Å². The largest absolute Gasteiger partial charge is 0.417 e. The molecule has 2 aliphatic rings. The Kier molecular flexibility index (Phi) is 7.36. The summed E-state index contributed by atoms with van der Waals surface area (Å²) in [5, 5.41) is 12.3. The SMILES string of the molecule is Cc1ccc(NC(=O)c2cncc(C(F)(F)F)c2)cc1-c1cnc2c(c1)[C@@]1(C)CCOCC[C@@H]1C(=O)N2CCO. The molecule has 2 atom stereocenters. The van der Waals surface area contributed by atoms with Gasteiger partial charge in [-0.25, -0.2) is 4.98 Å². The zero-order valence-corrected chi connectivity index (χ0v) is 22.1. The van der Waals surface area contributed by atoms with Crippen molar-refractivity contribution in [1.82, 2.24) is 9.97 Å². The number of benzene rings is 1. The second-order valence-corrected chi connectivity index (χ2v) is 10.4. The van der Waals surface area contributed by atoms with E-state index in [2.05, 4.69) is 22.2 Å². The third-order valence-corrected chi connectivity index (χ3v) is 7.85. The molecule has 1 aromatic carbocycles. The third-order valence-electron chi connectivity index (χ3n) is 7.85. The summed E-state index contributed by atoms with van der Waals surface area (Å²) >= 11 is 0. The minimum Gasteiger partial charge on any atom is -0.395 e. The van der Waals surface area contributed by atoms with Gasteiger partial charge in [-0.15, -0.1) is 0 Å². The van der Waals surface area contributed by atoms with E-state index < -0.39 is 23.1 Å². The Morgan fingerprint density at radius 2 is 2.00 bits per heavy atom. The highest BCUT2D eigenvalue weighted by atomic mass is 19.4. The first kappa shape index (κ1) is 27.7. The molecule has 2 N–H and O–H groups in total. The van der Waals surface area contributed by atoms with Crippen LogP contribution in [0.3, 0.4) is 0 Å². The number of pyridine rings is 2. The van der Waals surface area contributed by atoms with Gasteiger partial charge in [0.2, 0.25) is 5.91 Å². The fourth-order valence-corrected chi connectivity index (χ4v) is 5.58.